The second kappa shape index (κ2) is 7.22. The lowest BCUT2D eigenvalue weighted by atomic mass is 9.79. The SMILES string of the molecule is CC(C[C@@H](N)CO)C(c1ccccc1)c1ccccc1. The maximum atomic E-state index is 9.18. The van der Waals surface area contributed by atoms with Crippen molar-refractivity contribution >= 4 is 0 Å². The summed E-state index contributed by atoms with van der Waals surface area (Å²) in [6.07, 6.45) is 0.810. The lowest BCUT2D eigenvalue weighted by molar-refractivity contribution is 0.243. The number of benzene rings is 2. The van der Waals surface area contributed by atoms with Crippen LogP contribution in [-0.2, 0) is 0 Å². The molecule has 2 rings (SSSR count). The summed E-state index contributed by atoms with van der Waals surface area (Å²) in [5, 5.41) is 9.18. The molecule has 2 aromatic rings. The number of hydrogen-bond donors (Lipinski definition) is 2. The van der Waals surface area contributed by atoms with Gasteiger partial charge in [-0.25, -0.2) is 0 Å². The van der Waals surface area contributed by atoms with Crippen molar-refractivity contribution in [1.82, 2.24) is 0 Å². The molecule has 0 saturated heterocycles. The topological polar surface area (TPSA) is 46.2 Å². The van der Waals surface area contributed by atoms with Crippen LogP contribution in [0.25, 0.3) is 0 Å². The van der Waals surface area contributed by atoms with Crippen LogP contribution in [0, 0.1) is 5.92 Å². The molecule has 2 aromatic carbocycles. The smallest absolute Gasteiger partial charge is 0.0582 e. The fourth-order valence-electron chi connectivity index (χ4n) is 2.86. The third-order valence-corrected chi connectivity index (χ3v) is 3.80. The van der Waals surface area contributed by atoms with Gasteiger partial charge in [0.1, 0.15) is 0 Å². The van der Waals surface area contributed by atoms with E-state index >= 15 is 0 Å². The molecule has 0 aliphatic heterocycles. The lowest BCUT2D eigenvalue weighted by Crippen LogP contribution is -2.28. The second-order valence-corrected chi connectivity index (χ2v) is 5.45. The Morgan fingerprint density at radius 1 is 0.900 bits per heavy atom. The first kappa shape index (κ1) is 14.8. The largest absolute Gasteiger partial charge is 0.395 e. The molecule has 0 fully saturated rings. The van der Waals surface area contributed by atoms with Crippen LogP contribution in [-0.4, -0.2) is 17.8 Å². The number of aliphatic hydroxyl groups excluding tert-OH is 1. The zero-order chi connectivity index (χ0) is 14.4. The summed E-state index contributed by atoms with van der Waals surface area (Å²) in [5.41, 5.74) is 8.52. The van der Waals surface area contributed by atoms with Gasteiger partial charge >= 0.3 is 0 Å². The summed E-state index contributed by atoms with van der Waals surface area (Å²) < 4.78 is 0. The summed E-state index contributed by atoms with van der Waals surface area (Å²) in [6.45, 7) is 2.25. The Labute approximate surface area is 121 Å². The van der Waals surface area contributed by atoms with Crippen molar-refractivity contribution in [3.8, 4) is 0 Å². The fraction of sp³-hybridized carbons (Fsp3) is 0.333. The molecule has 0 aromatic heterocycles. The minimum absolute atomic E-state index is 0.0423. The Balaban J connectivity index is 2.30. The van der Waals surface area contributed by atoms with Gasteiger partial charge in [-0.1, -0.05) is 67.6 Å². The molecule has 1 unspecified atom stereocenters. The van der Waals surface area contributed by atoms with E-state index in [2.05, 4.69) is 55.5 Å². The van der Waals surface area contributed by atoms with Gasteiger partial charge in [-0.2, -0.15) is 0 Å². The van der Waals surface area contributed by atoms with Crippen molar-refractivity contribution in [1.29, 1.82) is 0 Å². The highest BCUT2D eigenvalue weighted by Gasteiger charge is 2.22. The Morgan fingerprint density at radius 3 is 1.75 bits per heavy atom. The Morgan fingerprint density at radius 2 is 1.35 bits per heavy atom. The molecule has 0 amide bonds. The summed E-state index contributed by atoms with van der Waals surface area (Å²) in [7, 11) is 0. The summed E-state index contributed by atoms with van der Waals surface area (Å²) in [4.78, 5) is 0. The standard InChI is InChI=1S/C18H23NO/c1-14(12-17(19)13-20)18(15-8-4-2-5-9-15)16-10-6-3-7-11-16/h2-11,14,17-18,20H,12-13,19H2,1H3/t14?,17-/m1/s1. The molecule has 20 heavy (non-hydrogen) atoms. The zero-order valence-corrected chi connectivity index (χ0v) is 11.9. The van der Waals surface area contributed by atoms with Crippen LogP contribution < -0.4 is 5.73 Å². The molecule has 0 heterocycles. The van der Waals surface area contributed by atoms with Gasteiger partial charge in [-0.3, -0.25) is 0 Å². The van der Waals surface area contributed by atoms with Gasteiger partial charge in [-0.05, 0) is 23.5 Å². The minimum atomic E-state index is -0.153. The first-order valence-corrected chi connectivity index (χ1v) is 7.18. The third kappa shape index (κ3) is 3.69. The van der Waals surface area contributed by atoms with E-state index in [-0.39, 0.29) is 12.6 Å². The Kier molecular flexibility index (Phi) is 5.33. The molecular formula is C18H23NO. The van der Waals surface area contributed by atoms with Crippen LogP contribution in [0.4, 0.5) is 0 Å². The van der Waals surface area contributed by atoms with Gasteiger partial charge in [0.05, 0.1) is 6.61 Å². The van der Waals surface area contributed by atoms with Crippen LogP contribution in [0.2, 0.25) is 0 Å². The van der Waals surface area contributed by atoms with Gasteiger partial charge in [0.25, 0.3) is 0 Å². The molecule has 0 aliphatic carbocycles. The van der Waals surface area contributed by atoms with Crippen LogP contribution in [0.3, 0.4) is 0 Å². The molecule has 2 atom stereocenters. The van der Waals surface area contributed by atoms with Crippen LogP contribution in [0.15, 0.2) is 60.7 Å². The molecule has 0 bridgehead atoms. The van der Waals surface area contributed by atoms with E-state index in [1.54, 1.807) is 0 Å². The first-order chi connectivity index (χ1) is 9.72. The van der Waals surface area contributed by atoms with Crippen LogP contribution in [0.5, 0.6) is 0 Å². The molecule has 0 radical (unpaired) electrons. The molecule has 0 saturated carbocycles. The third-order valence-electron chi connectivity index (χ3n) is 3.80. The van der Waals surface area contributed by atoms with Gasteiger partial charge in [0.15, 0.2) is 0 Å². The van der Waals surface area contributed by atoms with E-state index in [9.17, 15) is 5.11 Å². The summed E-state index contributed by atoms with van der Waals surface area (Å²) in [6, 6.07) is 20.9. The number of nitrogens with two attached hydrogens (primary N) is 1. The van der Waals surface area contributed by atoms with Gasteiger partial charge < -0.3 is 10.8 Å². The average Bonchev–Trinajstić information content (AvgIpc) is 2.49. The molecule has 0 aliphatic rings. The van der Waals surface area contributed by atoms with Crippen molar-refractivity contribution in [2.24, 2.45) is 11.7 Å². The quantitative estimate of drug-likeness (QED) is 0.846. The van der Waals surface area contributed by atoms with Crippen molar-refractivity contribution in [2.45, 2.75) is 25.3 Å². The number of hydrogen-bond acceptors (Lipinski definition) is 2. The van der Waals surface area contributed by atoms with Gasteiger partial charge in [-0.15, -0.1) is 0 Å². The molecule has 0 spiro atoms. The predicted octanol–water partition coefficient (Wildman–Crippen LogP) is 3.16. The second-order valence-electron chi connectivity index (χ2n) is 5.45. The van der Waals surface area contributed by atoms with Crippen molar-refractivity contribution < 1.29 is 5.11 Å². The van der Waals surface area contributed by atoms with E-state index in [0.29, 0.717) is 11.8 Å². The maximum absolute atomic E-state index is 9.18. The molecule has 3 N–H and O–H groups in total. The maximum Gasteiger partial charge on any atom is 0.0582 e. The monoisotopic (exact) mass is 269 g/mol. The van der Waals surface area contributed by atoms with Crippen molar-refractivity contribution in [3.05, 3.63) is 71.8 Å². The molecule has 106 valence electrons. The number of aliphatic hydroxyl groups is 1. The van der Waals surface area contributed by atoms with Gasteiger partial charge in [0, 0.05) is 12.0 Å². The normalized spacial score (nSPS) is 14.2. The fourth-order valence-corrected chi connectivity index (χ4v) is 2.86. The van der Waals surface area contributed by atoms with E-state index in [4.69, 9.17) is 5.73 Å². The zero-order valence-electron chi connectivity index (χ0n) is 11.9. The predicted molar refractivity (Wildman–Crippen MR) is 83.6 cm³/mol. The summed E-state index contributed by atoms with van der Waals surface area (Å²) >= 11 is 0. The minimum Gasteiger partial charge on any atom is -0.395 e. The summed E-state index contributed by atoms with van der Waals surface area (Å²) in [5.74, 6) is 0.692. The van der Waals surface area contributed by atoms with E-state index < -0.39 is 0 Å². The highest BCUT2D eigenvalue weighted by Crippen LogP contribution is 2.34. The van der Waals surface area contributed by atoms with Crippen molar-refractivity contribution in [3.63, 3.8) is 0 Å². The van der Waals surface area contributed by atoms with Gasteiger partial charge in [0.2, 0.25) is 0 Å². The molecule has 2 nitrogen and oxygen atoms in total. The highest BCUT2D eigenvalue weighted by molar-refractivity contribution is 5.33. The van der Waals surface area contributed by atoms with Crippen molar-refractivity contribution in [2.75, 3.05) is 6.61 Å². The first-order valence-electron chi connectivity index (χ1n) is 7.18. The highest BCUT2D eigenvalue weighted by atomic mass is 16.3. The lowest BCUT2D eigenvalue weighted by Gasteiger charge is -2.27. The Hall–Kier alpha value is -1.64. The molecular weight excluding hydrogens is 246 g/mol. The average molecular weight is 269 g/mol. The Bertz CT molecular complexity index is 458. The van der Waals surface area contributed by atoms with E-state index in [1.807, 2.05) is 12.1 Å². The van der Waals surface area contributed by atoms with E-state index in [1.165, 1.54) is 11.1 Å². The van der Waals surface area contributed by atoms with Crippen LogP contribution in [0.1, 0.15) is 30.4 Å². The van der Waals surface area contributed by atoms with E-state index in [0.717, 1.165) is 6.42 Å². The number of rotatable bonds is 6. The van der Waals surface area contributed by atoms with Crippen LogP contribution >= 0.6 is 0 Å². The molecule has 2 heteroatoms.